The average molecular weight is 352 g/mol. The fourth-order valence-corrected chi connectivity index (χ4v) is 3.90. The van der Waals surface area contributed by atoms with Gasteiger partial charge in [0.05, 0.1) is 11.4 Å². The number of aromatic nitrogens is 6. The number of hydrogen-bond acceptors (Lipinski definition) is 8. The van der Waals surface area contributed by atoms with Gasteiger partial charge in [-0.15, -0.1) is 26.6 Å². The van der Waals surface area contributed by atoms with E-state index in [1.807, 2.05) is 19.1 Å². The van der Waals surface area contributed by atoms with E-state index in [2.05, 4.69) is 53.6 Å². The summed E-state index contributed by atoms with van der Waals surface area (Å²) in [5.74, 6) is 2.74. The number of fused-ring (bicyclic) bond motifs is 2. The number of likely N-dealkylation sites (N-methyl/N-ethyl adjacent to an activating group) is 1. The first-order valence-electron chi connectivity index (χ1n) is 8.06. The van der Waals surface area contributed by atoms with Crippen LogP contribution in [0.25, 0.3) is 15.9 Å². The number of nitrogens with zero attached hydrogens (tertiary/aromatic N) is 8. The smallest absolute Gasteiger partial charge is 0.178 e. The highest BCUT2D eigenvalue weighted by atomic mass is 32.1. The maximum absolute atomic E-state index is 4.64. The van der Waals surface area contributed by atoms with Gasteiger partial charge < -0.3 is 9.80 Å². The zero-order chi connectivity index (χ0) is 17.0. The molecule has 9 heteroatoms. The van der Waals surface area contributed by atoms with E-state index >= 15 is 0 Å². The third-order valence-electron chi connectivity index (χ3n) is 4.71. The van der Waals surface area contributed by atoms with Gasteiger partial charge in [0.15, 0.2) is 11.5 Å². The predicted molar refractivity (Wildman–Crippen MR) is 97.3 cm³/mol. The standard InChI is InChI=1S/C16H16N8S/c1-10-19-20-13-3-4-14(21-24(10)13)23-7-11(8-23)22(2)15-12-5-6-25-16(12)18-9-17-15/h3-6,9,11H,7-8H2,1-2H3. The van der Waals surface area contributed by atoms with E-state index in [-0.39, 0.29) is 0 Å². The summed E-state index contributed by atoms with van der Waals surface area (Å²) in [4.78, 5) is 14.4. The fraction of sp³-hybridized carbons (Fsp3) is 0.312. The largest absolute Gasteiger partial charge is 0.352 e. The summed E-state index contributed by atoms with van der Waals surface area (Å²) in [6.45, 7) is 3.72. The average Bonchev–Trinajstić information content (AvgIpc) is 3.20. The van der Waals surface area contributed by atoms with Crippen LogP contribution in [0.1, 0.15) is 5.82 Å². The summed E-state index contributed by atoms with van der Waals surface area (Å²) in [6.07, 6.45) is 1.64. The van der Waals surface area contributed by atoms with Crippen LogP contribution in [0.3, 0.4) is 0 Å². The van der Waals surface area contributed by atoms with Crippen LogP contribution in [0, 0.1) is 6.92 Å². The first kappa shape index (κ1) is 14.5. The van der Waals surface area contributed by atoms with Crippen molar-refractivity contribution in [2.24, 2.45) is 0 Å². The second-order valence-corrected chi connectivity index (χ2v) is 7.11. The van der Waals surface area contributed by atoms with Gasteiger partial charge in [0, 0.05) is 20.1 Å². The minimum absolute atomic E-state index is 0.400. The Bertz CT molecular complexity index is 1060. The molecule has 0 N–H and O–H groups in total. The molecule has 0 unspecified atom stereocenters. The Labute approximate surface area is 147 Å². The molecule has 0 amide bonds. The second kappa shape index (κ2) is 5.35. The lowest BCUT2D eigenvalue weighted by Crippen LogP contribution is -2.59. The monoisotopic (exact) mass is 352 g/mol. The molecule has 5 rings (SSSR count). The highest BCUT2D eigenvalue weighted by Gasteiger charge is 2.32. The van der Waals surface area contributed by atoms with Crippen LogP contribution < -0.4 is 9.80 Å². The zero-order valence-electron chi connectivity index (χ0n) is 13.9. The minimum atomic E-state index is 0.400. The molecule has 126 valence electrons. The summed E-state index contributed by atoms with van der Waals surface area (Å²) in [5.41, 5.74) is 0.774. The number of aryl methyl sites for hydroxylation is 1. The molecule has 4 aromatic heterocycles. The summed E-state index contributed by atoms with van der Waals surface area (Å²) in [5, 5.41) is 16.0. The molecule has 0 atom stereocenters. The molecule has 25 heavy (non-hydrogen) atoms. The van der Waals surface area contributed by atoms with Gasteiger partial charge >= 0.3 is 0 Å². The summed E-state index contributed by atoms with van der Waals surface area (Å²) < 4.78 is 1.78. The van der Waals surface area contributed by atoms with Gasteiger partial charge in [0.25, 0.3) is 0 Å². The topological polar surface area (TPSA) is 75.3 Å². The van der Waals surface area contributed by atoms with E-state index in [0.717, 1.165) is 46.4 Å². The van der Waals surface area contributed by atoms with E-state index in [1.54, 1.807) is 22.2 Å². The molecule has 1 fully saturated rings. The Morgan fingerprint density at radius 1 is 1.16 bits per heavy atom. The first-order chi connectivity index (χ1) is 12.2. The molecule has 0 radical (unpaired) electrons. The molecule has 8 nitrogen and oxygen atoms in total. The third-order valence-corrected chi connectivity index (χ3v) is 5.53. The van der Waals surface area contributed by atoms with Gasteiger partial charge in [-0.2, -0.15) is 4.52 Å². The van der Waals surface area contributed by atoms with Gasteiger partial charge in [-0.3, -0.25) is 0 Å². The van der Waals surface area contributed by atoms with Crippen molar-refractivity contribution in [2.45, 2.75) is 13.0 Å². The maximum Gasteiger partial charge on any atom is 0.178 e. The first-order valence-corrected chi connectivity index (χ1v) is 8.94. The maximum atomic E-state index is 4.64. The summed E-state index contributed by atoms with van der Waals surface area (Å²) in [7, 11) is 2.10. The number of hydrogen-bond donors (Lipinski definition) is 0. The Morgan fingerprint density at radius 2 is 2.04 bits per heavy atom. The molecular formula is C16H16N8S. The van der Waals surface area contributed by atoms with Gasteiger partial charge in [-0.05, 0) is 30.5 Å². The second-order valence-electron chi connectivity index (χ2n) is 6.22. The molecule has 5 heterocycles. The van der Waals surface area contributed by atoms with Crippen molar-refractivity contribution >= 4 is 38.8 Å². The molecule has 0 saturated carbocycles. The lowest BCUT2D eigenvalue weighted by Gasteiger charge is -2.45. The summed E-state index contributed by atoms with van der Waals surface area (Å²) in [6, 6.07) is 6.45. The van der Waals surface area contributed by atoms with E-state index in [0.29, 0.717) is 6.04 Å². The molecule has 4 aromatic rings. The zero-order valence-corrected chi connectivity index (χ0v) is 14.7. The van der Waals surface area contributed by atoms with Crippen molar-refractivity contribution in [1.82, 2.24) is 29.8 Å². The number of rotatable bonds is 3. The van der Waals surface area contributed by atoms with E-state index in [1.165, 1.54) is 0 Å². The Hall–Kier alpha value is -2.81. The number of anilines is 2. The predicted octanol–water partition coefficient (Wildman–Crippen LogP) is 1.76. The van der Waals surface area contributed by atoms with Crippen LogP contribution in [-0.4, -0.2) is 56.0 Å². The van der Waals surface area contributed by atoms with Crippen LogP contribution >= 0.6 is 11.3 Å². The minimum Gasteiger partial charge on any atom is -0.352 e. The van der Waals surface area contributed by atoms with Crippen LogP contribution in [-0.2, 0) is 0 Å². The molecule has 0 bridgehead atoms. The van der Waals surface area contributed by atoms with Crippen molar-refractivity contribution in [1.29, 1.82) is 0 Å². The Balaban J connectivity index is 1.37. The van der Waals surface area contributed by atoms with Crippen molar-refractivity contribution in [2.75, 3.05) is 29.9 Å². The lowest BCUT2D eigenvalue weighted by atomic mass is 10.1. The van der Waals surface area contributed by atoms with Gasteiger partial charge in [-0.1, -0.05) is 0 Å². The van der Waals surface area contributed by atoms with Crippen molar-refractivity contribution in [3.63, 3.8) is 0 Å². The molecule has 0 spiro atoms. The van der Waals surface area contributed by atoms with Crippen molar-refractivity contribution in [3.8, 4) is 0 Å². The van der Waals surface area contributed by atoms with Crippen LogP contribution in [0.15, 0.2) is 29.9 Å². The van der Waals surface area contributed by atoms with Gasteiger partial charge in [0.2, 0.25) is 0 Å². The van der Waals surface area contributed by atoms with Crippen LogP contribution in [0.5, 0.6) is 0 Å². The Morgan fingerprint density at radius 3 is 2.92 bits per heavy atom. The van der Waals surface area contributed by atoms with E-state index in [4.69, 9.17) is 0 Å². The molecule has 1 aliphatic rings. The molecule has 0 aromatic carbocycles. The summed E-state index contributed by atoms with van der Waals surface area (Å²) >= 11 is 1.64. The molecule has 1 aliphatic heterocycles. The van der Waals surface area contributed by atoms with Crippen LogP contribution in [0.2, 0.25) is 0 Å². The Kier molecular flexibility index (Phi) is 3.11. The molecular weight excluding hydrogens is 336 g/mol. The number of thiophene rings is 1. The van der Waals surface area contributed by atoms with E-state index < -0.39 is 0 Å². The molecule has 1 saturated heterocycles. The highest BCUT2D eigenvalue weighted by molar-refractivity contribution is 7.16. The van der Waals surface area contributed by atoms with E-state index in [9.17, 15) is 0 Å². The van der Waals surface area contributed by atoms with Crippen molar-refractivity contribution in [3.05, 3.63) is 35.7 Å². The van der Waals surface area contributed by atoms with Gasteiger partial charge in [0.1, 0.15) is 22.8 Å². The van der Waals surface area contributed by atoms with Crippen LogP contribution in [0.4, 0.5) is 11.6 Å². The quantitative estimate of drug-likeness (QED) is 0.556. The van der Waals surface area contributed by atoms with Gasteiger partial charge in [-0.25, -0.2) is 9.97 Å². The lowest BCUT2D eigenvalue weighted by molar-refractivity contribution is 0.487. The van der Waals surface area contributed by atoms with Crippen molar-refractivity contribution < 1.29 is 0 Å². The SMILES string of the molecule is Cc1nnc2ccc(N3CC(N(C)c4ncnc5sccc45)C3)nn12. The normalized spacial score (nSPS) is 15.0. The fourth-order valence-electron chi connectivity index (χ4n) is 3.17. The molecule has 0 aliphatic carbocycles. The third kappa shape index (κ3) is 2.23. The highest BCUT2D eigenvalue weighted by Crippen LogP contribution is 2.30.